The maximum absolute atomic E-state index is 5.45. The van der Waals surface area contributed by atoms with E-state index >= 15 is 0 Å². The highest BCUT2D eigenvalue weighted by Crippen LogP contribution is 2.29. The summed E-state index contributed by atoms with van der Waals surface area (Å²) in [6.45, 7) is 5.92. The third kappa shape index (κ3) is 4.62. The van der Waals surface area contributed by atoms with Crippen LogP contribution in [0.4, 0.5) is 5.69 Å². The lowest BCUT2D eigenvalue weighted by molar-refractivity contribution is 0.122. The first kappa shape index (κ1) is 18.0. The number of hydrogen-bond acceptors (Lipinski definition) is 3. The molecule has 25 heavy (non-hydrogen) atoms. The van der Waals surface area contributed by atoms with E-state index in [1.165, 1.54) is 16.8 Å². The van der Waals surface area contributed by atoms with Gasteiger partial charge in [0, 0.05) is 24.8 Å². The molecule has 0 spiro atoms. The molecule has 1 N–H and O–H groups in total. The van der Waals surface area contributed by atoms with Crippen LogP contribution in [-0.4, -0.2) is 33.4 Å². The molecule has 1 fully saturated rings. The predicted molar refractivity (Wildman–Crippen MR) is 105 cm³/mol. The molecule has 2 aromatic carbocycles. The third-order valence-corrected chi connectivity index (χ3v) is 5.28. The number of nitrogens with zero attached hydrogens (tertiary/aromatic N) is 1. The minimum atomic E-state index is 0.379. The first-order valence-electron chi connectivity index (χ1n) is 9.45. The molecular weight excluding hydrogens is 308 g/mol. The molecular formula is C22H30N2O. The van der Waals surface area contributed by atoms with Crippen LogP contribution in [0.1, 0.15) is 30.5 Å². The van der Waals surface area contributed by atoms with Gasteiger partial charge in [0.1, 0.15) is 0 Å². The van der Waals surface area contributed by atoms with Crippen LogP contribution in [0.25, 0.3) is 0 Å². The Morgan fingerprint density at radius 1 is 1.00 bits per heavy atom. The zero-order valence-electron chi connectivity index (χ0n) is 15.4. The van der Waals surface area contributed by atoms with E-state index in [2.05, 4.69) is 78.8 Å². The quantitative estimate of drug-likeness (QED) is 0.824. The summed E-state index contributed by atoms with van der Waals surface area (Å²) in [5.41, 5.74) is 4.10. The summed E-state index contributed by atoms with van der Waals surface area (Å²) >= 11 is 0. The second-order valence-electron chi connectivity index (χ2n) is 6.82. The average Bonchev–Trinajstić information content (AvgIpc) is 2.70. The van der Waals surface area contributed by atoms with Crippen LogP contribution in [0, 0.1) is 5.92 Å². The number of benzene rings is 2. The van der Waals surface area contributed by atoms with E-state index in [1.807, 2.05) is 0 Å². The maximum atomic E-state index is 5.45. The van der Waals surface area contributed by atoms with Crippen LogP contribution in [0.5, 0.6) is 0 Å². The lowest BCUT2D eigenvalue weighted by Crippen LogP contribution is -2.36. The summed E-state index contributed by atoms with van der Waals surface area (Å²) < 4.78 is 5.45. The summed E-state index contributed by atoms with van der Waals surface area (Å²) in [5.74, 6) is 0.585. The van der Waals surface area contributed by atoms with Gasteiger partial charge in [0.15, 0.2) is 0 Å². The number of rotatable bonds is 7. The number of morpholine rings is 1. The second kappa shape index (κ2) is 9.02. The summed E-state index contributed by atoms with van der Waals surface area (Å²) in [5, 5.41) is 3.56. The molecule has 2 atom stereocenters. The third-order valence-electron chi connectivity index (χ3n) is 5.28. The van der Waals surface area contributed by atoms with E-state index in [4.69, 9.17) is 4.74 Å². The summed E-state index contributed by atoms with van der Waals surface area (Å²) in [6.07, 6.45) is 2.26. The van der Waals surface area contributed by atoms with Crippen molar-refractivity contribution in [2.45, 2.75) is 25.8 Å². The molecule has 0 radical (unpaired) electrons. The Hall–Kier alpha value is -1.84. The Morgan fingerprint density at radius 3 is 2.28 bits per heavy atom. The van der Waals surface area contributed by atoms with Crippen molar-refractivity contribution in [3.63, 3.8) is 0 Å². The fourth-order valence-corrected chi connectivity index (χ4v) is 3.80. The van der Waals surface area contributed by atoms with Crippen LogP contribution in [0.15, 0.2) is 54.6 Å². The zero-order valence-corrected chi connectivity index (χ0v) is 15.4. The first-order chi connectivity index (χ1) is 12.3. The molecule has 3 nitrogen and oxygen atoms in total. The molecule has 0 bridgehead atoms. The lowest BCUT2D eigenvalue weighted by atomic mass is 9.86. The van der Waals surface area contributed by atoms with Gasteiger partial charge in [-0.25, -0.2) is 0 Å². The molecule has 2 aromatic rings. The summed E-state index contributed by atoms with van der Waals surface area (Å²) in [6, 6.07) is 20.3. The smallest absolute Gasteiger partial charge is 0.0642 e. The molecule has 134 valence electrons. The van der Waals surface area contributed by atoms with Crippen molar-refractivity contribution in [2.24, 2.45) is 5.92 Å². The van der Waals surface area contributed by atoms with Gasteiger partial charge in [0.25, 0.3) is 0 Å². The fraction of sp³-hybridized carbons (Fsp3) is 0.455. The van der Waals surface area contributed by atoms with Crippen LogP contribution < -0.4 is 10.2 Å². The van der Waals surface area contributed by atoms with E-state index in [0.717, 1.165) is 39.1 Å². The minimum absolute atomic E-state index is 0.379. The van der Waals surface area contributed by atoms with Gasteiger partial charge < -0.3 is 15.0 Å². The van der Waals surface area contributed by atoms with Gasteiger partial charge in [-0.3, -0.25) is 0 Å². The van der Waals surface area contributed by atoms with Crippen molar-refractivity contribution in [3.05, 3.63) is 65.7 Å². The van der Waals surface area contributed by atoms with Crippen LogP contribution in [0.3, 0.4) is 0 Å². The lowest BCUT2D eigenvalue weighted by Gasteiger charge is -2.30. The Morgan fingerprint density at radius 2 is 1.68 bits per heavy atom. The van der Waals surface area contributed by atoms with Gasteiger partial charge >= 0.3 is 0 Å². The predicted octanol–water partition coefficient (Wildman–Crippen LogP) is 4.05. The number of hydrogen-bond donors (Lipinski definition) is 1. The Bertz CT molecular complexity index is 620. The van der Waals surface area contributed by atoms with E-state index < -0.39 is 0 Å². The van der Waals surface area contributed by atoms with E-state index in [0.29, 0.717) is 12.0 Å². The van der Waals surface area contributed by atoms with Gasteiger partial charge in [0.05, 0.1) is 13.2 Å². The largest absolute Gasteiger partial charge is 0.378 e. The Balaban J connectivity index is 1.72. The molecule has 2 unspecified atom stereocenters. The molecule has 1 aliphatic rings. The highest BCUT2D eigenvalue weighted by atomic mass is 16.5. The zero-order chi connectivity index (χ0) is 17.5. The van der Waals surface area contributed by atoms with Crippen molar-refractivity contribution < 1.29 is 4.74 Å². The molecule has 0 saturated carbocycles. The van der Waals surface area contributed by atoms with Crippen molar-refractivity contribution in [3.8, 4) is 0 Å². The molecule has 0 aliphatic carbocycles. The first-order valence-corrected chi connectivity index (χ1v) is 9.45. The van der Waals surface area contributed by atoms with Gasteiger partial charge in [0.2, 0.25) is 0 Å². The van der Waals surface area contributed by atoms with E-state index in [1.54, 1.807) is 0 Å². The standard InChI is InChI=1S/C22H30N2O/c1-3-19(17-18-7-5-4-6-8-18)22(23-2)20-9-11-21(12-10-20)24-13-15-25-16-14-24/h4-12,19,22-23H,3,13-17H2,1-2H3. The molecule has 3 heteroatoms. The highest BCUT2D eigenvalue weighted by molar-refractivity contribution is 5.48. The van der Waals surface area contributed by atoms with Crippen molar-refractivity contribution in [1.82, 2.24) is 5.32 Å². The summed E-state index contributed by atoms with van der Waals surface area (Å²) in [4.78, 5) is 2.41. The van der Waals surface area contributed by atoms with Crippen molar-refractivity contribution in [2.75, 3.05) is 38.3 Å². The second-order valence-corrected chi connectivity index (χ2v) is 6.82. The van der Waals surface area contributed by atoms with E-state index in [9.17, 15) is 0 Å². The Kier molecular flexibility index (Phi) is 6.48. The molecule has 0 aromatic heterocycles. The highest BCUT2D eigenvalue weighted by Gasteiger charge is 2.21. The minimum Gasteiger partial charge on any atom is -0.378 e. The number of ether oxygens (including phenoxy) is 1. The fourth-order valence-electron chi connectivity index (χ4n) is 3.80. The van der Waals surface area contributed by atoms with Gasteiger partial charge in [-0.2, -0.15) is 0 Å². The van der Waals surface area contributed by atoms with Gasteiger partial charge in [-0.05, 0) is 42.6 Å². The molecule has 3 rings (SSSR count). The normalized spacial score (nSPS) is 17.3. The average molecular weight is 338 g/mol. The summed E-state index contributed by atoms with van der Waals surface area (Å²) in [7, 11) is 2.08. The Labute approximate surface area is 152 Å². The number of nitrogens with one attached hydrogen (secondary N) is 1. The van der Waals surface area contributed by atoms with Gasteiger partial charge in [-0.15, -0.1) is 0 Å². The maximum Gasteiger partial charge on any atom is 0.0642 e. The van der Waals surface area contributed by atoms with Crippen LogP contribution >= 0.6 is 0 Å². The van der Waals surface area contributed by atoms with Crippen molar-refractivity contribution >= 4 is 5.69 Å². The van der Waals surface area contributed by atoms with E-state index in [-0.39, 0.29) is 0 Å². The molecule has 0 amide bonds. The van der Waals surface area contributed by atoms with Crippen LogP contribution in [-0.2, 0) is 11.2 Å². The topological polar surface area (TPSA) is 24.5 Å². The monoisotopic (exact) mass is 338 g/mol. The number of anilines is 1. The molecule has 1 heterocycles. The SMILES string of the molecule is CCC(Cc1ccccc1)C(NC)c1ccc(N2CCOCC2)cc1. The van der Waals surface area contributed by atoms with Crippen LogP contribution in [0.2, 0.25) is 0 Å². The molecule has 1 saturated heterocycles. The van der Waals surface area contributed by atoms with Gasteiger partial charge in [-0.1, -0.05) is 55.8 Å². The van der Waals surface area contributed by atoms with Crippen molar-refractivity contribution in [1.29, 1.82) is 0 Å². The molecule has 1 aliphatic heterocycles.